The third kappa shape index (κ3) is 3.58. The Balaban J connectivity index is 1.74. The van der Waals surface area contributed by atoms with E-state index in [1.165, 1.54) is 0 Å². The molecule has 0 saturated carbocycles. The van der Waals surface area contributed by atoms with Crippen LogP contribution in [0.5, 0.6) is 5.75 Å². The Morgan fingerprint density at radius 2 is 2.32 bits per heavy atom. The third-order valence-electron chi connectivity index (χ3n) is 4.98. The number of urea groups is 1. The second-order valence-corrected chi connectivity index (χ2v) is 6.76. The van der Waals surface area contributed by atoms with Gasteiger partial charge in [-0.05, 0) is 50.8 Å². The second-order valence-electron chi connectivity index (χ2n) is 6.76. The lowest BCUT2D eigenvalue weighted by Crippen LogP contribution is -2.46. The number of likely N-dealkylation sites (tertiary alicyclic amines) is 1. The molecule has 2 heterocycles. The summed E-state index contributed by atoms with van der Waals surface area (Å²) in [5, 5.41) is 13.3. The number of aliphatic hydroxyl groups excluding tert-OH is 1. The largest absolute Gasteiger partial charge is 0.497 e. The molecule has 25 heavy (non-hydrogen) atoms. The van der Waals surface area contributed by atoms with E-state index in [1.54, 1.807) is 12.0 Å². The molecule has 2 aromatic rings. The van der Waals surface area contributed by atoms with Crippen molar-refractivity contribution in [1.29, 1.82) is 0 Å². The van der Waals surface area contributed by atoms with Crippen molar-refractivity contribution in [1.82, 2.24) is 10.2 Å². The molecule has 1 aliphatic rings. The lowest BCUT2D eigenvalue weighted by Gasteiger charge is -2.32. The Kier molecular flexibility index (Phi) is 5.18. The molecule has 0 aliphatic carbocycles. The van der Waals surface area contributed by atoms with E-state index < -0.39 is 0 Å². The van der Waals surface area contributed by atoms with Gasteiger partial charge in [0.1, 0.15) is 17.1 Å². The number of methoxy groups -OCH3 is 1. The van der Waals surface area contributed by atoms with Gasteiger partial charge in [-0.25, -0.2) is 4.79 Å². The number of carbonyl (C=O) groups excluding carboxylic acids is 1. The van der Waals surface area contributed by atoms with Gasteiger partial charge in [-0.15, -0.1) is 0 Å². The SMILES string of the molecule is COc1ccc2oc([C@@H](C)NC(=O)N3CCC[C@H](CO)C3)c(C)c2c1. The topological polar surface area (TPSA) is 74.9 Å². The lowest BCUT2D eigenvalue weighted by atomic mass is 9.99. The highest BCUT2D eigenvalue weighted by Gasteiger charge is 2.25. The first-order chi connectivity index (χ1) is 12.0. The van der Waals surface area contributed by atoms with E-state index in [-0.39, 0.29) is 24.6 Å². The zero-order valence-corrected chi connectivity index (χ0v) is 15.0. The summed E-state index contributed by atoms with van der Waals surface area (Å²) < 4.78 is 11.2. The van der Waals surface area contributed by atoms with Crippen LogP contribution in [0.15, 0.2) is 22.6 Å². The first-order valence-corrected chi connectivity index (χ1v) is 8.76. The maximum Gasteiger partial charge on any atom is 0.317 e. The molecule has 1 aromatic carbocycles. The fourth-order valence-electron chi connectivity index (χ4n) is 3.50. The quantitative estimate of drug-likeness (QED) is 0.891. The zero-order valence-electron chi connectivity index (χ0n) is 15.0. The van der Waals surface area contributed by atoms with Crippen molar-refractivity contribution in [3.05, 3.63) is 29.5 Å². The van der Waals surface area contributed by atoms with Gasteiger partial charge >= 0.3 is 6.03 Å². The van der Waals surface area contributed by atoms with E-state index in [0.29, 0.717) is 6.54 Å². The molecule has 0 radical (unpaired) electrons. The summed E-state index contributed by atoms with van der Waals surface area (Å²) in [5.74, 6) is 1.71. The van der Waals surface area contributed by atoms with Crippen LogP contribution >= 0.6 is 0 Å². The molecular formula is C19H26N2O4. The molecule has 1 aliphatic heterocycles. The van der Waals surface area contributed by atoms with Gasteiger partial charge in [0.25, 0.3) is 0 Å². The number of nitrogens with zero attached hydrogens (tertiary/aromatic N) is 1. The summed E-state index contributed by atoms with van der Waals surface area (Å²) in [6.07, 6.45) is 1.90. The van der Waals surface area contributed by atoms with Gasteiger partial charge in [-0.3, -0.25) is 0 Å². The van der Waals surface area contributed by atoms with E-state index in [0.717, 1.165) is 47.4 Å². The van der Waals surface area contributed by atoms with Gasteiger partial charge in [0.15, 0.2) is 0 Å². The number of aryl methyl sites for hydroxylation is 1. The predicted molar refractivity (Wildman–Crippen MR) is 95.8 cm³/mol. The van der Waals surface area contributed by atoms with Crippen LogP contribution in [0, 0.1) is 12.8 Å². The highest BCUT2D eigenvalue weighted by atomic mass is 16.5. The van der Waals surface area contributed by atoms with Crippen molar-refractivity contribution in [2.45, 2.75) is 32.7 Å². The Bertz CT molecular complexity index is 755. The van der Waals surface area contributed by atoms with Crippen molar-refractivity contribution < 1.29 is 19.1 Å². The average molecular weight is 346 g/mol. The summed E-state index contributed by atoms with van der Waals surface area (Å²) in [5.41, 5.74) is 1.79. The van der Waals surface area contributed by atoms with E-state index >= 15 is 0 Å². The van der Waals surface area contributed by atoms with Crippen LogP contribution < -0.4 is 10.1 Å². The molecule has 136 valence electrons. The first kappa shape index (κ1) is 17.6. The molecule has 6 nitrogen and oxygen atoms in total. The predicted octanol–water partition coefficient (Wildman–Crippen LogP) is 3.22. The van der Waals surface area contributed by atoms with Gasteiger partial charge in [-0.2, -0.15) is 0 Å². The van der Waals surface area contributed by atoms with Crippen molar-refractivity contribution in [3.63, 3.8) is 0 Å². The highest BCUT2D eigenvalue weighted by Crippen LogP contribution is 2.32. The van der Waals surface area contributed by atoms with Crippen LogP contribution in [0.1, 0.15) is 37.1 Å². The van der Waals surface area contributed by atoms with Gasteiger partial charge in [0.2, 0.25) is 0 Å². The van der Waals surface area contributed by atoms with Gasteiger partial charge in [0.05, 0.1) is 13.2 Å². The summed E-state index contributed by atoms with van der Waals surface area (Å²) in [7, 11) is 1.64. The molecule has 6 heteroatoms. The Hall–Kier alpha value is -2.21. The molecule has 2 amide bonds. The number of fused-ring (bicyclic) bond motifs is 1. The van der Waals surface area contributed by atoms with Crippen LogP contribution in [0.25, 0.3) is 11.0 Å². The van der Waals surface area contributed by atoms with Crippen LogP contribution in [0.4, 0.5) is 4.79 Å². The minimum Gasteiger partial charge on any atom is -0.497 e. The molecule has 0 spiro atoms. The van der Waals surface area contributed by atoms with Gasteiger partial charge < -0.3 is 24.5 Å². The smallest absolute Gasteiger partial charge is 0.317 e. The number of piperidine rings is 1. The van der Waals surface area contributed by atoms with E-state index in [2.05, 4.69) is 5.32 Å². The number of nitrogens with one attached hydrogen (secondary N) is 1. The maximum atomic E-state index is 12.5. The van der Waals surface area contributed by atoms with E-state index in [9.17, 15) is 9.90 Å². The fourth-order valence-corrected chi connectivity index (χ4v) is 3.50. The summed E-state index contributed by atoms with van der Waals surface area (Å²) >= 11 is 0. The average Bonchev–Trinajstić information content (AvgIpc) is 2.98. The van der Waals surface area contributed by atoms with Crippen molar-refractivity contribution in [3.8, 4) is 5.75 Å². The molecule has 0 bridgehead atoms. The van der Waals surface area contributed by atoms with Gasteiger partial charge in [0, 0.05) is 30.6 Å². The molecule has 0 unspecified atom stereocenters. The minimum absolute atomic E-state index is 0.108. The molecule has 2 N–H and O–H groups in total. The summed E-state index contributed by atoms with van der Waals surface area (Å²) in [4.78, 5) is 14.3. The number of hydrogen-bond donors (Lipinski definition) is 2. The van der Waals surface area contributed by atoms with E-state index in [4.69, 9.17) is 9.15 Å². The van der Waals surface area contributed by atoms with Gasteiger partial charge in [-0.1, -0.05) is 0 Å². The van der Waals surface area contributed by atoms with Crippen LogP contribution in [0.2, 0.25) is 0 Å². The van der Waals surface area contributed by atoms with Crippen LogP contribution in [0.3, 0.4) is 0 Å². The van der Waals surface area contributed by atoms with Crippen molar-refractivity contribution >= 4 is 17.0 Å². The zero-order chi connectivity index (χ0) is 18.0. The number of hydrogen-bond acceptors (Lipinski definition) is 4. The summed E-state index contributed by atoms with van der Waals surface area (Å²) in [6.45, 7) is 5.37. The van der Waals surface area contributed by atoms with Crippen molar-refractivity contribution in [2.75, 3.05) is 26.8 Å². The number of amides is 2. The lowest BCUT2D eigenvalue weighted by molar-refractivity contribution is 0.127. The highest BCUT2D eigenvalue weighted by molar-refractivity contribution is 5.84. The number of ether oxygens (including phenoxy) is 1. The molecule has 1 fully saturated rings. The number of rotatable bonds is 4. The number of aliphatic hydroxyl groups is 1. The number of carbonyl (C=O) groups is 1. The molecule has 2 atom stereocenters. The van der Waals surface area contributed by atoms with Crippen LogP contribution in [-0.4, -0.2) is 42.8 Å². The number of benzene rings is 1. The van der Waals surface area contributed by atoms with Crippen LogP contribution in [-0.2, 0) is 0 Å². The monoisotopic (exact) mass is 346 g/mol. The van der Waals surface area contributed by atoms with Crippen molar-refractivity contribution in [2.24, 2.45) is 5.92 Å². The molecule has 3 rings (SSSR count). The standard InChI is InChI=1S/C19H26N2O4/c1-12-16-9-15(24-3)6-7-17(16)25-18(12)13(2)20-19(23)21-8-4-5-14(10-21)11-22/h6-7,9,13-14,22H,4-5,8,10-11H2,1-3H3,(H,20,23)/t13-,14+/m1/s1. The minimum atomic E-state index is -0.236. The summed E-state index contributed by atoms with van der Waals surface area (Å²) in [6, 6.07) is 5.35. The molecule has 1 aromatic heterocycles. The maximum absolute atomic E-state index is 12.5. The molecule has 1 saturated heterocycles. The molecular weight excluding hydrogens is 320 g/mol. The third-order valence-corrected chi connectivity index (χ3v) is 4.98. The Morgan fingerprint density at radius 3 is 3.04 bits per heavy atom. The Morgan fingerprint density at radius 1 is 1.52 bits per heavy atom. The Labute approximate surface area is 147 Å². The first-order valence-electron chi connectivity index (χ1n) is 8.76. The van der Waals surface area contributed by atoms with E-state index in [1.807, 2.05) is 32.0 Å². The fraction of sp³-hybridized carbons (Fsp3) is 0.526. The second kappa shape index (κ2) is 7.35. The number of furan rings is 1. The normalized spacial score (nSPS) is 19.0.